The normalized spacial score (nSPS) is 28.1. The average molecular weight is 396 g/mol. The maximum absolute atomic E-state index is 10.2. The predicted octanol–water partition coefficient (Wildman–Crippen LogP) is 6.32. The first-order chi connectivity index (χ1) is 13.4. The van der Waals surface area contributed by atoms with Crippen molar-refractivity contribution in [3.05, 3.63) is 52.3 Å². The monoisotopic (exact) mass is 395 g/mol. The summed E-state index contributed by atoms with van der Waals surface area (Å²) in [6.07, 6.45) is 10.6. The number of nitrogens with zero attached hydrogens (tertiary/aromatic N) is 1. The molecule has 1 aromatic carbocycles. The first kappa shape index (κ1) is 18.1. The Balaban J connectivity index is 1.74. The van der Waals surface area contributed by atoms with E-state index >= 15 is 0 Å². The third kappa shape index (κ3) is 2.67. The number of ether oxygens (including phenoxy) is 1. The largest absolute Gasteiger partial charge is 0.506 e. The van der Waals surface area contributed by atoms with Crippen LogP contribution in [0.1, 0.15) is 52.0 Å². The van der Waals surface area contributed by atoms with E-state index in [9.17, 15) is 5.11 Å². The van der Waals surface area contributed by atoms with Gasteiger partial charge in [0.05, 0.1) is 10.6 Å². The van der Waals surface area contributed by atoms with Gasteiger partial charge in [-0.1, -0.05) is 36.8 Å². The maximum Gasteiger partial charge on any atom is 0.136 e. The van der Waals surface area contributed by atoms with E-state index < -0.39 is 0 Å². The molecule has 28 heavy (non-hydrogen) atoms. The smallest absolute Gasteiger partial charge is 0.136 e. The standard InChI is InChI=1S/C24H26ClNO2/c1-13-12-24(2,3)26-16-9-8-15-20-18(11-10-17(27)22(20)25)28-23(21(15)19(13)16)14-6-4-5-7-14/h4-5,8,10-11,13-14,19,27H,6-7,9,12H2,1-3H3. The van der Waals surface area contributed by atoms with E-state index in [1.165, 1.54) is 11.3 Å². The second-order valence-electron chi connectivity index (χ2n) is 9.19. The molecule has 5 rings (SSSR count). The van der Waals surface area contributed by atoms with Gasteiger partial charge in [0.15, 0.2) is 0 Å². The van der Waals surface area contributed by atoms with Gasteiger partial charge in [-0.3, -0.25) is 4.99 Å². The molecular weight excluding hydrogens is 370 g/mol. The summed E-state index contributed by atoms with van der Waals surface area (Å²) in [5, 5.41) is 10.6. The number of phenols is 1. The van der Waals surface area contributed by atoms with Crippen molar-refractivity contribution in [2.24, 2.45) is 22.7 Å². The van der Waals surface area contributed by atoms with Crippen LogP contribution in [0.15, 0.2) is 46.7 Å². The number of aromatic hydroxyl groups is 1. The number of rotatable bonds is 1. The summed E-state index contributed by atoms with van der Waals surface area (Å²) in [4.78, 5) is 5.12. The predicted molar refractivity (Wildman–Crippen MR) is 114 cm³/mol. The second-order valence-corrected chi connectivity index (χ2v) is 9.57. The van der Waals surface area contributed by atoms with Crippen molar-refractivity contribution in [1.29, 1.82) is 0 Å². The minimum Gasteiger partial charge on any atom is -0.506 e. The van der Waals surface area contributed by atoms with E-state index in [2.05, 4.69) is 39.0 Å². The van der Waals surface area contributed by atoms with Crippen LogP contribution in [0.2, 0.25) is 5.02 Å². The van der Waals surface area contributed by atoms with Crippen molar-refractivity contribution in [1.82, 2.24) is 0 Å². The fourth-order valence-corrected chi connectivity index (χ4v) is 5.82. The first-order valence-corrected chi connectivity index (χ1v) is 10.6. The van der Waals surface area contributed by atoms with E-state index in [0.717, 1.165) is 48.3 Å². The zero-order chi connectivity index (χ0) is 19.6. The van der Waals surface area contributed by atoms with Crippen molar-refractivity contribution >= 4 is 22.9 Å². The molecule has 146 valence electrons. The molecule has 2 unspecified atom stereocenters. The summed E-state index contributed by atoms with van der Waals surface area (Å²) in [5.41, 5.74) is 4.47. The van der Waals surface area contributed by atoms with Gasteiger partial charge >= 0.3 is 0 Å². The molecule has 2 aliphatic heterocycles. The van der Waals surface area contributed by atoms with Crippen LogP contribution in [0.25, 0.3) is 5.57 Å². The summed E-state index contributed by atoms with van der Waals surface area (Å²) >= 11 is 6.56. The number of allylic oxidation sites excluding steroid dienone is 6. The molecule has 0 fully saturated rings. The zero-order valence-electron chi connectivity index (χ0n) is 16.6. The molecule has 0 bridgehead atoms. The first-order valence-electron chi connectivity index (χ1n) is 10.2. The van der Waals surface area contributed by atoms with Crippen LogP contribution < -0.4 is 4.74 Å². The third-order valence-electron chi connectivity index (χ3n) is 6.53. The molecule has 2 atom stereocenters. The lowest BCUT2D eigenvalue weighted by molar-refractivity contribution is 0.299. The van der Waals surface area contributed by atoms with Crippen LogP contribution >= 0.6 is 11.6 Å². The van der Waals surface area contributed by atoms with Gasteiger partial charge in [0.2, 0.25) is 0 Å². The van der Waals surface area contributed by atoms with Crippen LogP contribution in [0.4, 0.5) is 0 Å². The Bertz CT molecular complexity index is 975. The maximum atomic E-state index is 10.2. The number of aliphatic imine (C=N–C) groups is 1. The minimum atomic E-state index is -0.0183. The van der Waals surface area contributed by atoms with Crippen molar-refractivity contribution in [3.63, 3.8) is 0 Å². The van der Waals surface area contributed by atoms with Gasteiger partial charge in [-0.25, -0.2) is 0 Å². The molecule has 4 heteroatoms. The molecule has 1 aromatic rings. The van der Waals surface area contributed by atoms with Crippen molar-refractivity contribution < 1.29 is 9.84 Å². The molecule has 0 amide bonds. The quantitative estimate of drug-likeness (QED) is 0.565. The zero-order valence-corrected chi connectivity index (χ0v) is 17.4. The molecule has 0 aromatic heterocycles. The molecule has 1 N–H and O–H groups in total. The van der Waals surface area contributed by atoms with Crippen LogP contribution in [-0.2, 0) is 0 Å². The molecule has 4 aliphatic rings. The Kier molecular flexibility index (Phi) is 4.03. The molecule has 0 radical (unpaired) electrons. The Morgan fingerprint density at radius 2 is 1.96 bits per heavy atom. The van der Waals surface area contributed by atoms with Gasteiger partial charge in [-0.2, -0.15) is 0 Å². The lowest BCUT2D eigenvalue weighted by Gasteiger charge is -2.44. The highest BCUT2D eigenvalue weighted by atomic mass is 35.5. The number of phenolic OH excluding ortho intramolecular Hbond substituents is 1. The van der Waals surface area contributed by atoms with E-state index in [0.29, 0.717) is 16.9 Å². The Morgan fingerprint density at radius 1 is 1.21 bits per heavy atom. The minimum absolute atomic E-state index is 0.0183. The van der Waals surface area contributed by atoms with E-state index in [-0.39, 0.29) is 17.2 Å². The van der Waals surface area contributed by atoms with Gasteiger partial charge in [-0.05, 0) is 56.7 Å². The van der Waals surface area contributed by atoms with Crippen molar-refractivity contribution in [2.45, 2.75) is 52.0 Å². The van der Waals surface area contributed by atoms with E-state index in [1.807, 2.05) is 6.07 Å². The fourth-order valence-electron chi connectivity index (χ4n) is 5.56. The lowest BCUT2D eigenvalue weighted by atomic mass is 9.66. The molecule has 2 aliphatic carbocycles. The van der Waals surface area contributed by atoms with Gasteiger partial charge in [-0.15, -0.1) is 0 Å². The topological polar surface area (TPSA) is 41.8 Å². The third-order valence-corrected chi connectivity index (χ3v) is 6.91. The van der Waals surface area contributed by atoms with E-state index in [4.69, 9.17) is 21.3 Å². The molecule has 3 nitrogen and oxygen atoms in total. The highest BCUT2D eigenvalue weighted by Gasteiger charge is 2.44. The Labute approximate surface area is 171 Å². The van der Waals surface area contributed by atoms with Gasteiger partial charge < -0.3 is 9.84 Å². The van der Waals surface area contributed by atoms with Gasteiger partial charge in [0, 0.05) is 35.1 Å². The highest BCUT2D eigenvalue weighted by Crippen LogP contribution is 2.54. The molecule has 0 spiro atoms. The lowest BCUT2D eigenvalue weighted by Crippen LogP contribution is -2.40. The summed E-state index contributed by atoms with van der Waals surface area (Å²) in [6.45, 7) is 6.79. The number of benzene rings is 1. The molecular formula is C24H26ClNO2. The molecule has 0 saturated carbocycles. The van der Waals surface area contributed by atoms with Crippen LogP contribution in [0, 0.1) is 17.8 Å². The number of halogens is 1. The van der Waals surface area contributed by atoms with E-state index in [1.54, 1.807) is 6.07 Å². The van der Waals surface area contributed by atoms with Crippen molar-refractivity contribution in [3.8, 4) is 11.5 Å². The Morgan fingerprint density at radius 3 is 2.71 bits per heavy atom. The second kappa shape index (κ2) is 6.25. The average Bonchev–Trinajstić information content (AvgIpc) is 3.16. The number of fused-ring (bicyclic) bond motifs is 5. The number of hydrogen-bond acceptors (Lipinski definition) is 3. The van der Waals surface area contributed by atoms with Gasteiger partial charge in [0.1, 0.15) is 17.3 Å². The highest BCUT2D eigenvalue weighted by molar-refractivity contribution is 6.34. The van der Waals surface area contributed by atoms with Crippen molar-refractivity contribution in [2.75, 3.05) is 0 Å². The van der Waals surface area contributed by atoms with Crippen LogP contribution in [0.5, 0.6) is 11.5 Å². The van der Waals surface area contributed by atoms with Gasteiger partial charge in [0.25, 0.3) is 0 Å². The Hall–Kier alpha value is -2.00. The van der Waals surface area contributed by atoms with Crippen LogP contribution in [0.3, 0.4) is 0 Å². The SMILES string of the molecule is CC1CC(C)(C)N=C2CC=C3C(=C(C4CC=CC4)Oc4ccc(O)c(Cl)c43)C21. The molecule has 0 saturated heterocycles. The summed E-state index contributed by atoms with van der Waals surface area (Å²) in [6, 6.07) is 3.46. The number of hydrogen-bond donors (Lipinski definition) is 1. The fraction of sp³-hybridized carbons (Fsp3) is 0.458. The van der Waals surface area contributed by atoms with Crippen LogP contribution in [-0.4, -0.2) is 16.4 Å². The molecule has 2 heterocycles. The summed E-state index contributed by atoms with van der Waals surface area (Å²) < 4.78 is 6.52. The summed E-state index contributed by atoms with van der Waals surface area (Å²) in [7, 11) is 0. The summed E-state index contributed by atoms with van der Waals surface area (Å²) in [5.74, 6) is 3.04.